The van der Waals surface area contributed by atoms with E-state index < -0.39 is 0 Å². The first kappa shape index (κ1) is 17.9. The lowest BCUT2D eigenvalue weighted by atomic mass is 10.2. The molecule has 0 aliphatic carbocycles. The highest BCUT2D eigenvalue weighted by atomic mass is 16.5. The number of rotatable bonds is 6. The van der Waals surface area contributed by atoms with E-state index in [0.29, 0.717) is 6.54 Å². The Morgan fingerprint density at radius 1 is 1.14 bits per heavy atom. The van der Waals surface area contributed by atoms with E-state index in [1.54, 1.807) is 19.2 Å². The van der Waals surface area contributed by atoms with E-state index >= 15 is 0 Å². The maximum absolute atomic E-state index is 12.4. The van der Waals surface area contributed by atoms with Crippen LogP contribution in [-0.4, -0.2) is 22.6 Å². The number of hydrogen-bond donors (Lipinski definition) is 1. The second kappa shape index (κ2) is 7.60. The fourth-order valence-corrected chi connectivity index (χ4v) is 3.33. The Morgan fingerprint density at radius 2 is 1.93 bits per heavy atom. The monoisotopic (exact) mass is 375 g/mol. The van der Waals surface area contributed by atoms with Crippen LogP contribution in [0.1, 0.15) is 34.9 Å². The molecule has 1 unspecified atom stereocenters. The van der Waals surface area contributed by atoms with Crippen LogP contribution in [0.5, 0.6) is 5.75 Å². The van der Waals surface area contributed by atoms with E-state index in [2.05, 4.69) is 9.88 Å². The summed E-state index contributed by atoms with van der Waals surface area (Å²) in [7, 11) is 1.66. The van der Waals surface area contributed by atoms with Gasteiger partial charge in [0.1, 0.15) is 11.6 Å². The second-order valence-corrected chi connectivity index (χ2v) is 6.53. The lowest BCUT2D eigenvalue weighted by Crippen LogP contribution is -2.28. The van der Waals surface area contributed by atoms with Crippen molar-refractivity contribution in [3.8, 4) is 5.75 Å². The summed E-state index contributed by atoms with van der Waals surface area (Å²) >= 11 is 0. The van der Waals surface area contributed by atoms with Crippen molar-refractivity contribution >= 4 is 16.9 Å². The summed E-state index contributed by atoms with van der Waals surface area (Å²) in [6.45, 7) is 2.50. The number of fused-ring (bicyclic) bond motifs is 1. The summed E-state index contributed by atoms with van der Waals surface area (Å²) in [4.78, 5) is 17.2. The number of amides is 1. The van der Waals surface area contributed by atoms with Gasteiger partial charge in [-0.1, -0.05) is 30.3 Å². The number of nitrogens with one attached hydrogen (secondary N) is 1. The quantitative estimate of drug-likeness (QED) is 0.549. The van der Waals surface area contributed by atoms with Gasteiger partial charge >= 0.3 is 0 Å². The van der Waals surface area contributed by atoms with Gasteiger partial charge in [-0.3, -0.25) is 4.79 Å². The van der Waals surface area contributed by atoms with Crippen molar-refractivity contribution in [1.29, 1.82) is 0 Å². The van der Waals surface area contributed by atoms with E-state index in [-0.39, 0.29) is 17.7 Å². The van der Waals surface area contributed by atoms with Crippen LogP contribution in [0.3, 0.4) is 0 Å². The number of nitrogens with zero attached hydrogens (tertiary/aromatic N) is 2. The largest absolute Gasteiger partial charge is 0.496 e. The fraction of sp³-hybridized carbons (Fsp3) is 0.182. The molecule has 0 saturated heterocycles. The number of benzene rings is 2. The Bertz CT molecular complexity index is 1100. The standard InChI is InChI=1S/C22H21N3O3/c1-15(23-22(26)20-12-7-13-28-20)21-24-17-9-4-5-10-18(17)25(21)14-16-8-3-6-11-19(16)27-2/h3-13,15H,14H2,1-2H3,(H,23,26). The van der Waals surface area contributed by atoms with Gasteiger partial charge in [0, 0.05) is 5.56 Å². The summed E-state index contributed by atoms with van der Waals surface area (Å²) in [5.41, 5.74) is 2.92. The number of ether oxygens (including phenoxy) is 1. The molecule has 1 atom stereocenters. The van der Waals surface area contributed by atoms with Crippen LogP contribution in [0.2, 0.25) is 0 Å². The van der Waals surface area contributed by atoms with Gasteiger partial charge in [0.25, 0.3) is 5.91 Å². The molecule has 1 N–H and O–H groups in total. The van der Waals surface area contributed by atoms with E-state index in [9.17, 15) is 4.79 Å². The van der Waals surface area contributed by atoms with Crippen LogP contribution >= 0.6 is 0 Å². The molecular weight excluding hydrogens is 354 g/mol. The van der Waals surface area contributed by atoms with Crippen molar-refractivity contribution < 1.29 is 13.9 Å². The zero-order chi connectivity index (χ0) is 19.5. The van der Waals surface area contributed by atoms with E-state index in [4.69, 9.17) is 14.1 Å². The Morgan fingerprint density at radius 3 is 2.71 bits per heavy atom. The molecule has 0 fully saturated rings. The molecule has 0 aliphatic heterocycles. The molecule has 2 heterocycles. The lowest BCUT2D eigenvalue weighted by molar-refractivity contribution is 0.0909. The third-order valence-electron chi connectivity index (χ3n) is 4.68. The van der Waals surface area contributed by atoms with Crippen LogP contribution in [0.25, 0.3) is 11.0 Å². The molecule has 0 bridgehead atoms. The Kier molecular flexibility index (Phi) is 4.85. The van der Waals surface area contributed by atoms with Crippen LogP contribution in [-0.2, 0) is 6.54 Å². The smallest absolute Gasteiger partial charge is 0.287 e. The Hall–Kier alpha value is -3.54. The highest BCUT2D eigenvalue weighted by Gasteiger charge is 2.20. The summed E-state index contributed by atoms with van der Waals surface area (Å²) in [5.74, 6) is 1.60. The lowest BCUT2D eigenvalue weighted by Gasteiger charge is -2.17. The third-order valence-corrected chi connectivity index (χ3v) is 4.68. The van der Waals surface area contributed by atoms with Crippen LogP contribution < -0.4 is 10.1 Å². The van der Waals surface area contributed by atoms with Gasteiger partial charge in [0.15, 0.2) is 5.76 Å². The van der Waals surface area contributed by atoms with Crippen molar-refractivity contribution in [3.63, 3.8) is 0 Å². The van der Waals surface area contributed by atoms with Crippen molar-refractivity contribution in [3.05, 3.63) is 84.1 Å². The van der Waals surface area contributed by atoms with Gasteiger partial charge < -0.3 is 19.0 Å². The second-order valence-electron chi connectivity index (χ2n) is 6.53. The molecule has 0 saturated carbocycles. The van der Waals surface area contributed by atoms with Crippen LogP contribution in [0.4, 0.5) is 0 Å². The predicted octanol–water partition coefficient (Wildman–Crippen LogP) is 4.18. The van der Waals surface area contributed by atoms with Gasteiger partial charge in [-0.25, -0.2) is 4.98 Å². The van der Waals surface area contributed by atoms with Crippen LogP contribution in [0.15, 0.2) is 71.3 Å². The zero-order valence-corrected chi connectivity index (χ0v) is 15.8. The number of imidazole rings is 1. The molecule has 0 radical (unpaired) electrons. The molecule has 2 aromatic carbocycles. The summed E-state index contributed by atoms with van der Waals surface area (Å²) in [6, 6.07) is 18.9. The van der Waals surface area contributed by atoms with Crippen LogP contribution in [0, 0.1) is 0 Å². The maximum Gasteiger partial charge on any atom is 0.287 e. The SMILES string of the molecule is COc1ccccc1Cn1c(C(C)NC(=O)c2ccco2)nc2ccccc21. The number of carbonyl (C=O) groups excluding carboxylic acids is 1. The maximum atomic E-state index is 12.4. The molecule has 0 spiro atoms. The van der Waals surface area contributed by atoms with Gasteiger partial charge in [-0.15, -0.1) is 0 Å². The molecular formula is C22H21N3O3. The summed E-state index contributed by atoms with van der Waals surface area (Å²) in [6.07, 6.45) is 1.48. The number of para-hydroxylation sites is 3. The Balaban J connectivity index is 1.71. The highest BCUT2D eigenvalue weighted by molar-refractivity contribution is 5.91. The molecule has 142 valence electrons. The number of furan rings is 1. The molecule has 1 amide bonds. The average molecular weight is 375 g/mol. The van der Waals surface area contributed by atoms with Crippen molar-refractivity contribution in [2.24, 2.45) is 0 Å². The van der Waals surface area contributed by atoms with Crippen molar-refractivity contribution in [2.45, 2.75) is 19.5 Å². The highest BCUT2D eigenvalue weighted by Crippen LogP contribution is 2.25. The minimum Gasteiger partial charge on any atom is -0.496 e. The van der Waals surface area contributed by atoms with E-state index in [0.717, 1.165) is 28.2 Å². The number of hydrogen-bond acceptors (Lipinski definition) is 4. The first-order chi connectivity index (χ1) is 13.7. The Labute approximate surface area is 162 Å². The average Bonchev–Trinajstić information content (AvgIpc) is 3.37. The first-order valence-electron chi connectivity index (χ1n) is 9.09. The minimum absolute atomic E-state index is 0.270. The number of carbonyl (C=O) groups is 1. The predicted molar refractivity (Wildman–Crippen MR) is 106 cm³/mol. The van der Waals surface area contributed by atoms with E-state index in [1.807, 2.05) is 55.5 Å². The van der Waals surface area contributed by atoms with Crippen molar-refractivity contribution in [1.82, 2.24) is 14.9 Å². The topological polar surface area (TPSA) is 69.3 Å². The fourth-order valence-electron chi connectivity index (χ4n) is 3.33. The molecule has 28 heavy (non-hydrogen) atoms. The van der Waals surface area contributed by atoms with Gasteiger partial charge in [0.05, 0.1) is 37.0 Å². The van der Waals surface area contributed by atoms with Gasteiger partial charge in [0.2, 0.25) is 0 Å². The van der Waals surface area contributed by atoms with Gasteiger partial charge in [-0.05, 0) is 37.3 Å². The van der Waals surface area contributed by atoms with E-state index in [1.165, 1.54) is 6.26 Å². The third kappa shape index (κ3) is 3.36. The molecule has 4 rings (SSSR count). The molecule has 6 nitrogen and oxygen atoms in total. The molecule has 4 aromatic rings. The molecule has 0 aliphatic rings. The number of aromatic nitrogens is 2. The molecule has 6 heteroatoms. The summed E-state index contributed by atoms with van der Waals surface area (Å²) in [5, 5.41) is 2.97. The van der Waals surface area contributed by atoms with Gasteiger partial charge in [-0.2, -0.15) is 0 Å². The number of methoxy groups -OCH3 is 1. The zero-order valence-electron chi connectivity index (χ0n) is 15.8. The normalized spacial score (nSPS) is 12.1. The minimum atomic E-state index is -0.306. The van der Waals surface area contributed by atoms with Crippen molar-refractivity contribution in [2.75, 3.05) is 7.11 Å². The summed E-state index contributed by atoms with van der Waals surface area (Å²) < 4.78 is 12.8. The molecule has 2 aromatic heterocycles. The first-order valence-corrected chi connectivity index (χ1v) is 9.09.